The summed E-state index contributed by atoms with van der Waals surface area (Å²) in [7, 11) is 0. The highest BCUT2D eigenvalue weighted by molar-refractivity contribution is 7.98. The Morgan fingerprint density at radius 2 is 2.18 bits per heavy atom. The number of carbonyl (C=O) groups excluding carboxylic acids is 2. The average Bonchev–Trinajstić information content (AvgIpc) is 2.78. The summed E-state index contributed by atoms with van der Waals surface area (Å²) in [5, 5.41) is 1.34. The maximum Gasteiger partial charge on any atom is 0.265 e. The van der Waals surface area contributed by atoms with Crippen molar-refractivity contribution in [1.29, 1.82) is 0 Å². The number of hydrogen-bond acceptors (Lipinski definition) is 7. The molecule has 8 heteroatoms. The van der Waals surface area contributed by atoms with Crippen LogP contribution >= 0.6 is 11.8 Å². The number of rotatable bonds is 4. The van der Waals surface area contributed by atoms with Crippen LogP contribution in [0.5, 0.6) is 0 Å². The van der Waals surface area contributed by atoms with Crippen LogP contribution in [0, 0.1) is 0 Å². The van der Waals surface area contributed by atoms with E-state index in [1.807, 2.05) is 6.26 Å². The van der Waals surface area contributed by atoms with Crippen LogP contribution in [-0.4, -0.2) is 53.3 Å². The molecule has 118 valence electrons. The van der Waals surface area contributed by atoms with Gasteiger partial charge in [-0.05, 0) is 18.4 Å². The quantitative estimate of drug-likeness (QED) is 0.656. The molecule has 1 atom stereocenters. The molecule has 0 saturated carbocycles. The van der Waals surface area contributed by atoms with Gasteiger partial charge in [-0.1, -0.05) is 11.3 Å². The third-order valence-corrected chi connectivity index (χ3v) is 4.17. The number of hydrogen-bond donors (Lipinski definition) is 1. The molecule has 3 rings (SSSR count). The van der Waals surface area contributed by atoms with Crippen molar-refractivity contribution in [3.8, 4) is 0 Å². The molecule has 7 nitrogen and oxygen atoms in total. The van der Waals surface area contributed by atoms with E-state index in [0.29, 0.717) is 30.8 Å². The van der Waals surface area contributed by atoms with E-state index < -0.39 is 12.1 Å². The highest BCUT2D eigenvalue weighted by atomic mass is 32.2. The van der Waals surface area contributed by atoms with Crippen molar-refractivity contribution in [2.45, 2.75) is 12.6 Å². The lowest BCUT2D eigenvalue weighted by Crippen LogP contribution is -2.49. The minimum Gasteiger partial charge on any atom is -0.398 e. The number of carbonyl (C=O) groups is 2. The molecule has 2 amide bonds. The number of imide groups is 1. The SMILES string of the molecule is CSCCN1OCCC(N2C(=O)c3cccc(N)c3C2=O)O1. The topological polar surface area (TPSA) is 85.1 Å². The molecule has 1 aromatic carbocycles. The summed E-state index contributed by atoms with van der Waals surface area (Å²) in [6.45, 7) is 0.949. The van der Waals surface area contributed by atoms with Crippen molar-refractivity contribution in [1.82, 2.24) is 10.1 Å². The molecule has 22 heavy (non-hydrogen) atoms. The zero-order valence-electron chi connectivity index (χ0n) is 12.2. The summed E-state index contributed by atoms with van der Waals surface area (Å²) in [6.07, 6.45) is 1.75. The molecule has 1 aromatic rings. The molecule has 1 saturated heterocycles. The highest BCUT2D eigenvalue weighted by Gasteiger charge is 2.43. The Morgan fingerprint density at radius 1 is 1.36 bits per heavy atom. The van der Waals surface area contributed by atoms with Crippen LogP contribution in [-0.2, 0) is 9.68 Å². The summed E-state index contributed by atoms with van der Waals surface area (Å²) in [6, 6.07) is 4.89. The van der Waals surface area contributed by atoms with E-state index in [2.05, 4.69) is 0 Å². The Bertz CT molecular complexity index is 610. The first-order chi connectivity index (χ1) is 10.6. The highest BCUT2D eigenvalue weighted by Crippen LogP contribution is 2.31. The van der Waals surface area contributed by atoms with Gasteiger partial charge in [0.15, 0.2) is 6.23 Å². The van der Waals surface area contributed by atoms with Crippen molar-refractivity contribution >= 4 is 29.3 Å². The summed E-state index contributed by atoms with van der Waals surface area (Å²) in [4.78, 5) is 37.1. The van der Waals surface area contributed by atoms with Gasteiger partial charge in [0.05, 0.1) is 24.3 Å². The fraction of sp³-hybridized carbons (Fsp3) is 0.429. The van der Waals surface area contributed by atoms with Crippen molar-refractivity contribution in [2.24, 2.45) is 0 Å². The first-order valence-electron chi connectivity index (χ1n) is 6.96. The predicted octanol–water partition coefficient (Wildman–Crippen LogP) is 1.12. The zero-order chi connectivity index (χ0) is 15.7. The number of hydroxylamine groups is 2. The molecule has 2 heterocycles. The fourth-order valence-corrected chi connectivity index (χ4v) is 2.86. The predicted molar refractivity (Wildman–Crippen MR) is 81.9 cm³/mol. The Labute approximate surface area is 132 Å². The summed E-state index contributed by atoms with van der Waals surface area (Å²) < 4.78 is 0. The van der Waals surface area contributed by atoms with Gasteiger partial charge in [0.2, 0.25) is 0 Å². The maximum absolute atomic E-state index is 12.5. The van der Waals surface area contributed by atoms with E-state index >= 15 is 0 Å². The molecule has 0 aliphatic carbocycles. The Balaban J connectivity index is 1.80. The maximum atomic E-state index is 12.5. The largest absolute Gasteiger partial charge is 0.398 e. The molecule has 1 fully saturated rings. The molecule has 0 radical (unpaired) electrons. The van der Waals surface area contributed by atoms with E-state index in [-0.39, 0.29) is 11.5 Å². The van der Waals surface area contributed by atoms with Crippen LogP contribution in [0.25, 0.3) is 0 Å². The lowest BCUT2D eigenvalue weighted by Gasteiger charge is -2.34. The Morgan fingerprint density at radius 3 is 2.91 bits per heavy atom. The number of thioether (sulfide) groups is 1. The minimum atomic E-state index is -0.664. The lowest BCUT2D eigenvalue weighted by molar-refractivity contribution is -0.422. The molecule has 2 aliphatic rings. The third-order valence-electron chi connectivity index (χ3n) is 3.58. The van der Waals surface area contributed by atoms with E-state index in [1.54, 1.807) is 30.0 Å². The van der Waals surface area contributed by atoms with Crippen molar-refractivity contribution in [3.05, 3.63) is 29.3 Å². The molecule has 2 N–H and O–H groups in total. The van der Waals surface area contributed by atoms with Gasteiger partial charge in [-0.3, -0.25) is 14.4 Å². The molecule has 0 bridgehead atoms. The monoisotopic (exact) mass is 323 g/mol. The second-order valence-corrected chi connectivity index (χ2v) is 5.97. The van der Waals surface area contributed by atoms with Gasteiger partial charge in [-0.15, -0.1) is 0 Å². The average molecular weight is 323 g/mol. The van der Waals surface area contributed by atoms with Gasteiger partial charge < -0.3 is 5.73 Å². The number of benzene rings is 1. The first kappa shape index (κ1) is 15.3. The molecule has 0 spiro atoms. The van der Waals surface area contributed by atoms with Gasteiger partial charge in [0, 0.05) is 17.9 Å². The summed E-state index contributed by atoms with van der Waals surface area (Å²) in [5.74, 6) is 0.0424. The second-order valence-electron chi connectivity index (χ2n) is 4.98. The summed E-state index contributed by atoms with van der Waals surface area (Å²) in [5.41, 5.74) is 6.73. The normalized spacial score (nSPS) is 22.2. The van der Waals surface area contributed by atoms with Gasteiger partial charge in [-0.2, -0.15) is 11.8 Å². The van der Waals surface area contributed by atoms with Crippen LogP contribution in [0.2, 0.25) is 0 Å². The number of nitrogens with two attached hydrogens (primary N) is 1. The van der Waals surface area contributed by atoms with E-state index in [9.17, 15) is 9.59 Å². The van der Waals surface area contributed by atoms with E-state index in [4.69, 9.17) is 15.4 Å². The molecular formula is C14H17N3O4S. The van der Waals surface area contributed by atoms with Gasteiger partial charge in [0.1, 0.15) is 0 Å². The first-order valence-corrected chi connectivity index (χ1v) is 8.35. The second kappa shape index (κ2) is 6.25. The van der Waals surface area contributed by atoms with Crippen molar-refractivity contribution in [3.63, 3.8) is 0 Å². The Hall–Kier alpha value is -1.61. The van der Waals surface area contributed by atoms with Crippen molar-refractivity contribution in [2.75, 3.05) is 30.9 Å². The van der Waals surface area contributed by atoms with Gasteiger partial charge in [-0.25, -0.2) is 9.74 Å². The van der Waals surface area contributed by atoms with Crippen LogP contribution in [0.3, 0.4) is 0 Å². The van der Waals surface area contributed by atoms with E-state index in [0.717, 1.165) is 10.7 Å². The van der Waals surface area contributed by atoms with Crippen LogP contribution in [0.15, 0.2) is 18.2 Å². The molecule has 0 aromatic heterocycles. The van der Waals surface area contributed by atoms with Crippen LogP contribution in [0.4, 0.5) is 5.69 Å². The number of nitrogen functional groups attached to an aromatic ring is 1. The standard InChI is InChI=1S/C14H17N3O4S/c1-22-8-6-16-20-7-5-11(21-16)17-13(18)9-3-2-4-10(15)12(9)14(17)19/h2-4,11H,5-8,15H2,1H3. The number of anilines is 1. The minimum absolute atomic E-state index is 0.262. The van der Waals surface area contributed by atoms with Gasteiger partial charge >= 0.3 is 0 Å². The third kappa shape index (κ3) is 2.58. The van der Waals surface area contributed by atoms with Crippen LogP contribution < -0.4 is 5.73 Å². The Kier molecular flexibility index (Phi) is 4.34. The number of fused-ring (bicyclic) bond motifs is 1. The lowest BCUT2D eigenvalue weighted by atomic mass is 10.1. The molecule has 1 unspecified atom stereocenters. The molecule has 2 aliphatic heterocycles. The number of nitrogens with zero attached hydrogens (tertiary/aromatic N) is 2. The van der Waals surface area contributed by atoms with Crippen molar-refractivity contribution < 1.29 is 19.3 Å². The smallest absolute Gasteiger partial charge is 0.265 e. The van der Waals surface area contributed by atoms with Gasteiger partial charge in [0.25, 0.3) is 11.8 Å². The molecular weight excluding hydrogens is 306 g/mol. The fourth-order valence-electron chi connectivity index (χ4n) is 2.52. The zero-order valence-corrected chi connectivity index (χ0v) is 13.0. The van der Waals surface area contributed by atoms with E-state index in [1.165, 1.54) is 5.23 Å². The van der Waals surface area contributed by atoms with Crippen LogP contribution in [0.1, 0.15) is 27.1 Å². The summed E-state index contributed by atoms with van der Waals surface area (Å²) >= 11 is 1.66. The number of amides is 2.